The summed E-state index contributed by atoms with van der Waals surface area (Å²) in [5.41, 5.74) is 1.92. The molecule has 0 aliphatic rings. The van der Waals surface area contributed by atoms with Gasteiger partial charge < -0.3 is 0 Å². The van der Waals surface area contributed by atoms with Crippen molar-refractivity contribution in [3.63, 3.8) is 0 Å². The van der Waals surface area contributed by atoms with Crippen LogP contribution in [0, 0.1) is 6.92 Å². The molecule has 0 aromatic heterocycles. The number of carbonyl (C=O) groups is 1. The Morgan fingerprint density at radius 1 is 1.33 bits per heavy atom. The van der Waals surface area contributed by atoms with Crippen LogP contribution < -0.4 is 0 Å². The van der Waals surface area contributed by atoms with Crippen molar-refractivity contribution in [1.82, 2.24) is 0 Å². The molecule has 0 amide bonds. The Morgan fingerprint density at radius 2 is 1.92 bits per heavy atom. The zero-order valence-electron chi connectivity index (χ0n) is 8.22. The molecule has 0 bridgehead atoms. The van der Waals surface area contributed by atoms with Gasteiger partial charge in [-0.3, -0.25) is 4.79 Å². The number of aryl methyl sites for hydroxylation is 1. The van der Waals surface area contributed by atoms with Gasteiger partial charge in [-0.25, -0.2) is 0 Å². The Labute approximate surface area is 75.9 Å². The molecule has 0 saturated heterocycles. The number of rotatable bonds is 1. The number of hydrogen-bond acceptors (Lipinski definition) is 1. The molecule has 0 aliphatic heterocycles. The quantitative estimate of drug-likeness (QED) is 0.584. The number of hydrogen-bond donors (Lipinski definition) is 0. The zero-order chi connectivity index (χ0) is 9.56. The van der Waals surface area contributed by atoms with Gasteiger partial charge in [-0.2, -0.15) is 0 Å². The summed E-state index contributed by atoms with van der Waals surface area (Å²) in [4.78, 5) is 10.8. The lowest BCUT2D eigenvalue weighted by atomic mass is 10.1. The largest absolute Gasteiger partial charge is 0.295 e. The van der Waals surface area contributed by atoms with E-state index >= 15 is 0 Å². The van der Waals surface area contributed by atoms with Crippen LogP contribution in [0.1, 0.15) is 38.1 Å². The summed E-state index contributed by atoms with van der Waals surface area (Å²) in [6.07, 6.45) is 0. The number of carbonyl (C=O) groups excluding carboxylic acids is 1. The van der Waals surface area contributed by atoms with Gasteiger partial charge >= 0.3 is 0 Å². The second-order valence-corrected chi connectivity index (χ2v) is 2.43. The van der Waals surface area contributed by atoms with E-state index in [2.05, 4.69) is 0 Å². The van der Waals surface area contributed by atoms with Crippen LogP contribution in [0.4, 0.5) is 0 Å². The predicted octanol–water partition coefficient (Wildman–Crippen LogP) is 3.47. The molecule has 1 rings (SSSR count). The number of benzene rings is 1. The highest BCUT2D eigenvalue weighted by Crippen LogP contribution is 2.03. The summed E-state index contributed by atoms with van der Waals surface area (Å²) < 4.78 is 0. The van der Waals surface area contributed by atoms with E-state index in [-0.39, 0.29) is 7.21 Å². The minimum atomic E-state index is 0. The molecular formula is C11H18O. The van der Waals surface area contributed by atoms with Crippen LogP contribution in [0.3, 0.4) is 0 Å². The third-order valence-electron chi connectivity index (χ3n) is 1.42. The second kappa shape index (κ2) is 5.53. The monoisotopic (exact) mass is 166 g/mol. The lowest BCUT2D eigenvalue weighted by Gasteiger charge is -1.94. The van der Waals surface area contributed by atoms with Gasteiger partial charge in [0.25, 0.3) is 0 Å². The maximum atomic E-state index is 10.8. The van der Waals surface area contributed by atoms with Crippen LogP contribution in [-0.2, 0) is 0 Å². The van der Waals surface area contributed by atoms with Crippen LogP contribution in [0.25, 0.3) is 0 Å². The highest BCUT2D eigenvalue weighted by Gasteiger charge is 1.95. The first-order chi connectivity index (χ1) is 5.70. The maximum absolute atomic E-state index is 10.8. The van der Waals surface area contributed by atoms with E-state index in [1.807, 2.05) is 45.0 Å². The fourth-order valence-electron chi connectivity index (χ4n) is 0.864. The average Bonchev–Trinajstić information content (AvgIpc) is 2.08. The van der Waals surface area contributed by atoms with Gasteiger partial charge in [-0.1, -0.05) is 37.6 Å². The molecular weight excluding hydrogens is 148 g/mol. The van der Waals surface area contributed by atoms with Gasteiger partial charge in [0.2, 0.25) is 0 Å². The van der Waals surface area contributed by atoms with Gasteiger partial charge in [0.15, 0.2) is 5.78 Å². The molecule has 0 heterocycles. The molecule has 0 aliphatic carbocycles. The molecule has 0 saturated carbocycles. The van der Waals surface area contributed by atoms with Gasteiger partial charge in [0.1, 0.15) is 0 Å². The first-order valence-electron chi connectivity index (χ1n) is 4.28. The van der Waals surface area contributed by atoms with Crippen molar-refractivity contribution in [2.75, 3.05) is 0 Å². The van der Waals surface area contributed by atoms with Crippen molar-refractivity contribution in [3.05, 3.63) is 35.4 Å². The first kappa shape index (κ1) is 10.9. The fourth-order valence-corrected chi connectivity index (χ4v) is 0.864. The van der Waals surface area contributed by atoms with Crippen molar-refractivity contribution in [2.24, 2.45) is 0 Å². The lowest BCUT2D eigenvalue weighted by Crippen LogP contribution is -1.90. The van der Waals surface area contributed by atoms with Crippen molar-refractivity contribution in [2.45, 2.75) is 27.7 Å². The minimum Gasteiger partial charge on any atom is -0.295 e. The molecule has 0 atom stereocenters. The number of ketones is 1. The van der Waals surface area contributed by atoms with E-state index in [1.54, 1.807) is 6.92 Å². The normalized spacial score (nSPS) is 8.33. The molecule has 1 heteroatoms. The smallest absolute Gasteiger partial charge is 0.159 e. The summed E-state index contributed by atoms with van der Waals surface area (Å²) in [6.45, 7) is 7.56. The summed E-state index contributed by atoms with van der Waals surface area (Å²) in [5, 5.41) is 0. The van der Waals surface area contributed by atoms with Gasteiger partial charge in [-0.15, -0.1) is 0 Å². The Hall–Kier alpha value is -1.11. The molecule has 0 unspecified atom stereocenters. The molecule has 1 aromatic carbocycles. The third-order valence-corrected chi connectivity index (χ3v) is 1.42. The van der Waals surface area contributed by atoms with E-state index in [0.29, 0.717) is 0 Å². The summed E-state index contributed by atoms with van der Waals surface area (Å²) in [7, 11) is 0. The second-order valence-electron chi connectivity index (χ2n) is 2.43. The Bertz CT molecular complexity index is 256. The SMILES string of the molecule is CC.CC(=O)c1cccc(C)c1.[HH]. The van der Waals surface area contributed by atoms with E-state index in [9.17, 15) is 4.79 Å². The molecule has 0 spiro atoms. The molecule has 0 fully saturated rings. The number of Topliss-reactive ketones (excluding diaryl/α,β-unsaturated/α-hetero) is 1. The average molecular weight is 166 g/mol. The van der Waals surface area contributed by atoms with E-state index in [0.717, 1.165) is 11.1 Å². The predicted molar refractivity (Wildman–Crippen MR) is 54.6 cm³/mol. The molecule has 1 aromatic rings. The lowest BCUT2D eigenvalue weighted by molar-refractivity contribution is 0.101. The summed E-state index contributed by atoms with van der Waals surface area (Å²) in [5.74, 6) is 0.128. The van der Waals surface area contributed by atoms with Crippen molar-refractivity contribution >= 4 is 5.78 Å². The standard InChI is InChI=1S/C9H10O.C2H6.H2/c1-7-4-3-5-9(6-7)8(2)10;1-2;/h3-6H,1-2H3;1-2H3;1H. The first-order valence-corrected chi connectivity index (χ1v) is 4.28. The van der Waals surface area contributed by atoms with E-state index in [1.165, 1.54) is 0 Å². The van der Waals surface area contributed by atoms with E-state index < -0.39 is 0 Å². The van der Waals surface area contributed by atoms with Crippen molar-refractivity contribution in [1.29, 1.82) is 0 Å². The molecule has 68 valence electrons. The Balaban J connectivity index is 0. The topological polar surface area (TPSA) is 17.1 Å². The highest BCUT2D eigenvalue weighted by molar-refractivity contribution is 5.94. The minimum absolute atomic E-state index is 0. The van der Waals surface area contributed by atoms with E-state index in [4.69, 9.17) is 0 Å². The van der Waals surface area contributed by atoms with Crippen molar-refractivity contribution < 1.29 is 6.22 Å². The van der Waals surface area contributed by atoms with Gasteiger partial charge in [0.05, 0.1) is 0 Å². The maximum Gasteiger partial charge on any atom is 0.159 e. The Kier molecular flexibility index (Phi) is 5.02. The van der Waals surface area contributed by atoms with Crippen LogP contribution in [0.2, 0.25) is 0 Å². The molecule has 12 heavy (non-hydrogen) atoms. The van der Waals surface area contributed by atoms with Crippen LogP contribution in [-0.4, -0.2) is 5.78 Å². The molecule has 0 radical (unpaired) electrons. The van der Waals surface area contributed by atoms with Gasteiger partial charge in [-0.05, 0) is 19.9 Å². The summed E-state index contributed by atoms with van der Waals surface area (Å²) in [6, 6.07) is 7.59. The summed E-state index contributed by atoms with van der Waals surface area (Å²) >= 11 is 0. The zero-order valence-corrected chi connectivity index (χ0v) is 8.22. The fraction of sp³-hybridized carbons (Fsp3) is 0.364. The molecule has 1 nitrogen and oxygen atoms in total. The van der Waals surface area contributed by atoms with Crippen molar-refractivity contribution in [3.8, 4) is 0 Å². The highest BCUT2D eigenvalue weighted by atomic mass is 16.1. The Morgan fingerprint density at radius 3 is 2.25 bits per heavy atom. The molecule has 0 N–H and O–H groups in total. The third kappa shape index (κ3) is 3.33. The van der Waals surface area contributed by atoms with Crippen LogP contribution in [0.15, 0.2) is 24.3 Å². The van der Waals surface area contributed by atoms with Crippen LogP contribution in [0.5, 0.6) is 0 Å². The van der Waals surface area contributed by atoms with Gasteiger partial charge in [0, 0.05) is 6.99 Å². The van der Waals surface area contributed by atoms with Crippen LogP contribution >= 0.6 is 0 Å².